The fourth-order valence-corrected chi connectivity index (χ4v) is 1.31. The quantitative estimate of drug-likeness (QED) is 0.651. The van der Waals surface area contributed by atoms with Crippen molar-refractivity contribution in [1.82, 2.24) is 10.2 Å². The molecule has 0 N–H and O–H groups in total. The van der Waals surface area contributed by atoms with Gasteiger partial charge in [-0.05, 0) is 45.9 Å². The van der Waals surface area contributed by atoms with Gasteiger partial charge in [-0.1, -0.05) is 11.6 Å². The van der Waals surface area contributed by atoms with Gasteiger partial charge in [0.05, 0.1) is 11.4 Å². The maximum atomic E-state index is 13.6. The summed E-state index contributed by atoms with van der Waals surface area (Å²) in [6.07, 6.45) is 3.79. The smallest absolute Gasteiger partial charge is 0.149 e. The molecule has 0 unspecified atom stereocenters. The first-order chi connectivity index (χ1) is 7.80. The third-order valence-corrected chi connectivity index (χ3v) is 2.49. The van der Waals surface area contributed by atoms with Gasteiger partial charge >= 0.3 is 0 Å². The largest absolute Gasteiger partial charge is 0.238 e. The van der Waals surface area contributed by atoms with Gasteiger partial charge < -0.3 is 0 Å². The molecule has 1 rings (SSSR count). The van der Waals surface area contributed by atoms with Crippen LogP contribution >= 0.6 is 12.6 Å². The number of aromatic nitrogens is 2. The average Bonchev–Trinajstić information content (AvgIpc) is 2.25. The van der Waals surface area contributed by atoms with Gasteiger partial charge in [0.25, 0.3) is 0 Å². The fourth-order valence-electron chi connectivity index (χ4n) is 1.12. The van der Waals surface area contributed by atoms with Crippen LogP contribution in [0.3, 0.4) is 0 Å². The van der Waals surface area contributed by atoms with Crippen LogP contribution in [-0.2, 0) is 5.67 Å². The van der Waals surface area contributed by atoms with Crippen LogP contribution in [0.25, 0.3) is 4.91 Å². The van der Waals surface area contributed by atoms with Crippen LogP contribution < -0.4 is 0 Å². The molecule has 17 heavy (non-hydrogen) atoms. The van der Waals surface area contributed by atoms with E-state index in [0.29, 0.717) is 16.3 Å². The number of hydrogen-bond acceptors (Lipinski definition) is 3. The van der Waals surface area contributed by atoms with Gasteiger partial charge in [0.1, 0.15) is 5.67 Å². The summed E-state index contributed by atoms with van der Waals surface area (Å²) in [6, 6.07) is 3.36. The van der Waals surface area contributed by atoms with Crippen LogP contribution in [0.4, 0.5) is 4.39 Å². The molecule has 92 valence electrons. The van der Waals surface area contributed by atoms with Gasteiger partial charge in [0.15, 0.2) is 0 Å². The van der Waals surface area contributed by atoms with Crippen molar-refractivity contribution in [3.8, 4) is 0 Å². The van der Waals surface area contributed by atoms with E-state index in [1.807, 2.05) is 26.0 Å². The normalized spacial score (nSPS) is 12.5. The first kappa shape index (κ1) is 13.9. The summed E-state index contributed by atoms with van der Waals surface area (Å²) in [5.41, 5.74) is 0.667. The lowest BCUT2D eigenvalue weighted by Gasteiger charge is -2.12. The van der Waals surface area contributed by atoms with Gasteiger partial charge in [-0.2, -0.15) is 5.10 Å². The lowest BCUT2D eigenvalue weighted by molar-refractivity contribution is 0.212. The van der Waals surface area contributed by atoms with E-state index in [2.05, 4.69) is 22.8 Å². The van der Waals surface area contributed by atoms with E-state index >= 15 is 0 Å². The third-order valence-electron chi connectivity index (χ3n) is 2.11. The SMILES string of the molecule is CC(C)=C/C=C(\S)c1ccc(C(C)(C)F)nn1. The highest BCUT2D eigenvalue weighted by Crippen LogP contribution is 2.23. The van der Waals surface area contributed by atoms with E-state index in [1.54, 1.807) is 12.1 Å². The van der Waals surface area contributed by atoms with Gasteiger partial charge in [-0.15, -0.1) is 17.7 Å². The predicted octanol–water partition coefficient (Wildman–Crippen LogP) is 3.92. The van der Waals surface area contributed by atoms with Crippen molar-refractivity contribution < 1.29 is 4.39 Å². The van der Waals surface area contributed by atoms with E-state index < -0.39 is 5.67 Å². The van der Waals surface area contributed by atoms with E-state index in [4.69, 9.17) is 0 Å². The van der Waals surface area contributed by atoms with Crippen LogP contribution in [0.1, 0.15) is 39.1 Å². The van der Waals surface area contributed by atoms with Crippen molar-refractivity contribution in [2.45, 2.75) is 33.4 Å². The molecule has 2 nitrogen and oxygen atoms in total. The monoisotopic (exact) mass is 252 g/mol. The average molecular weight is 252 g/mol. The molecule has 0 amide bonds. The molecule has 1 aromatic heterocycles. The van der Waals surface area contributed by atoms with Crippen LogP contribution in [0.15, 0.2) is 29.9 Å². The number of halogens is 1. The summed E-state index contributed by atoms with van der Waals surface area (Å²) in [7, 11) is 0. The molecule has 0 aromatic carbocycles. The minimum atomic E-state index is -1.47. The molecule has 1 aromatic rings. The zero-order valence-corrected chi connectivity index (χ0v) is 11.4. The third kappa shape index (κ3) is 4.30. The second-order valence-corrected chi connectivity index (χ2v) is 5.05. The standard InChI is InChI=1S/C13H17FN2S/c1-9(2)5-7-11(17)10-6-8-12(16-15-10)13(3,4)14/h5-8,17H,1-4H3/b11-7-. The maximum Gasteiger partial charge on any atom is 0.149 e. The van der Waals surface area contributed by atoms with Crippen molar-refractivity contribution in [2.75, 3.05) is 0 Å². The van der Waals surface area contributed by atoms with Gasteiger partial charge in [-0.3, -0.25) is 0 Å². The molecule has 0 atom stereocenters. The van der Waals surface area contributed by atoms with Crippen molar-refractivity contribution in [1.29, 1.82) is 0 Å². The number of allylic oxidation sites excluding steroid dienone is 3. The van der Waals surface area contributed by atoms with Gasteiger partial charge in [0, 0.05) is 4.91 Å². The molecule has 0 aliphatic rings. The van der Waals surface area contributed by atoms with Crippen LogP contribution in [0.2, 0.25) is 0 Å². The first-order valence-corrected chi connectivity index (χ1v) is 5.83. The highest BCUT2D eigenvalue weighted by Gasteiger charge is 2.20. The Labute approximate surface area is 107 Å². The van der Waals surface area contributed by atoms with Crippen LogP contribution in [0.5, 0.6) is 0 Å². The molecule has 0 saturated heterocycles. The predicted molar refractivity (Wildman–Crippen MR) is 72.6 cm³/mol. The number of rotatable bonds is 3. The van der Waals surface area contributed by atoms with E-state index in [1.165, 1.54) is 19.4 Å². The van der Waals surface area contributed by atoms with E-state index in [-0.39, 0.29) is 0 Å². The number of nitrogens with zero attached hydrogens (tertiary/aromatic N) is 2. The molecule has 1 heterocycles. The molecule has 0 radical (unpaired) electrons. The summed E-state index contributed by atoms with van der Waals surface area (Å²) < 4.78 is 13.6. The van der Waals surface area contributed by atoms with Crippen molar-refractivity contribution >= 4 is 17.5 Å². The van der Waals surface area contributed by atoms with Crippen LogP contribution in [0, 0.1) is 0 Å². The second kappa shape index (κ2) is 5.45. The molecule has 0 saturated carbocycles. The van der Waals surface area contributed by atoms with E-state index in [0.717, 1.165) is 0 Å². The highest BCUT2D eigenvalue weighted by molar-refractivity contribution is 7.90. The Morgan fingerprint density at radius 2 is 1.88 bits per heavy atom. The summed E-state index contributed by atoms with van der Waals surface area (Å²) >= 11 is 4.32. The molecule has 0 aliphatic carbocycles. The summed E-state index contributed by atoms with van der Waals surface area (Å²) in [4.78, 5) is 0.710. The molecule has 0 fully saturated rings. The second-order valence-electron chi connectivity index (χ2n) is 4.57. The Kier molecular flexibility index (Phi) is 4.46. The zero-order chi connectivity index (χ0) is 13.1. The van der Waals surface area contributed by atoms with Gasteiger partial charge in [-0.25, -0.2) is 4.39 Å². The number of alkyl halides is 1. The fraction of sp³-hybridized carbons (Fsp3) is 0.385. The minimum Gasteiger partial charge on any atom is -0.238 e. The summed E-state index contributed by atoms with van der Waals surface area (Å²) in [5.74, 6) is 0. The lowest BCUT2D eigenvalue weighted by Crippen LogP contribution is -2.12. The number of hydrogen-bond donors (Lipinski definition) is 1. The highest BCUT2D eigenvalue weighted by atomic mass is 32.1. The topological polar surface area (TPSA) is 25.8 Å². The molecular weight excluding hydrogens is 235 g/mol. The lowest BCUT2D eigenvalue weighted by atomic mass is 10.1. The molecule has 0 aliphatic heterocycles. The first-order valence-electron chi connectivity index (χ1n) is 5.38. The Balaban J connectivity index is 2.96. The number of thiol groups is 1. The molecule has 4 heteroatoms. The summed E-state index contributed by atoms with van der Waals surface area (Å²) in [5, 5.41) is 7.82. The van der Waals surface area contributed by atoms with Crippen molar-refractivity contribution in [2.24, 2.45) is 0 Å². The Morgan fingerprint density at radius 3 is 2.29 bits per heavy atom. The zero-order valence-electron chi connectivity index (χ0n) is 10.5. The summed E-state index contributed by atoms with van der Waals surface area (Å²) in [6.45, 7) is 6.91. The van der Waals surface area contributed by atoms with Crippen molar-refractivity contribution in [3.05, 3.63) is 41.2 Å². The Bertz CT molecular complexity index is 437. The van der Waals surface area contributed by atoms with Crippen molar-refractivity contribution in [3.63, 3.8) is 0 Å². The van der Waals surface area contributed by atoms with Crippen LogP contribution in [-0.4, -0.2) is 10.2 Å². The molecular formula is C13H17FN2S. The van der Waals surface area contributed by atoms with Gasteiger partial charge in [0.2, 0.25) is 0 Å². The molecule has 0 bridgehead atoms. The Hall–Kier alpha value is -1.16. The van der Waals surface area contributed by atoms with E-state index in [9.17, 15) is 4.39 Å². The Morgan fingerprint density at radius 1 is 1.24 bits per heavy atom. The maximum absolute atomic E-state index is 13.6. The molecule has 0 spiro atoms. The minimum absolute atomic E-state index is 0.324.